The average molecular weight is 1150 g/mol. The van der Waals surface area contributed by atoms with E-state index in [1.807, 2.05) is 42.5 Å². The Hall–Kier alpha value is -8.12. The number of rotatable bonds is 11. The predicted octanol–water partition coefficient (Wildman–Crippen LogP) is 18.2. The third kappa shape index (κ3) is 9.07. The molecule has 0 N–H and O–H groups in total. The molecule has 9 aromatic carbocycles. The van der Waals surface area contributed by atoms with Gasteiger partial charge in [-0.05, 0) is 140 Å². The molecule has 0 atom stereocenters. The molecule has 5 nitrogen and oxygen atoms in total. The summed E-state index contributed by atoms with van der Waals surface area (Å²) in [5, 5.41) is 2.14. The summed E-state index contributed by atoms with van der Waals surface area (Å²) in [5.74, 6) is 0.749. The number of hydrogen-bond acceptors (Lipinski definition) is 4. The molecule has 0 unspecified atom stereocenters. The normalized spacial score (nSPS) is 12.2. The second-order valence-electron chi connectivity index (χ2n) is 19.2. The Balaban J connectivity index is 0.00000588. The molecular formula is C66H49F2N4OPt-3. The molecule has 0 aliphatic carbocycles. The van der Waals surface area contributed by atoms with Crippen molar-refractivity contribution in [2.75, 3.05) is 9.80 Å². The van der Waals surface area contributed by atoms with Crippen LogP contribution in [-0.2, 0) is 21.1 Å². The minimum absolute atomic E-state index is 0. The zero-order valence-electron chi connectivity index (χ0n) is 41.1. The van der Waals surface area contributed by atoms with E-state index in [9.17, 15) is 8.78 Å². The summed E-state index contributed by atoms with van der Waals surface area (Å²) in [4.78, 5) is 9.19. The fourth-order valence-electron chi connectivity index (χ4n) is 10.3. The quantitative estimate of drug-likeness (QED) is 0.121. The fraction of sp³-hybridized carbons (Fsp3) is 0.0909. The summed E-state index contributed by atoms with van der Waals surface area (Å²) in [6.07, 6.45) is 1.81. The maximum atomic E-state index is 14.7. The van der Waals surface area contributed by atoms with Gasteiger partial charge < -0.3 is 19.1 Å². The van der Waals surface area contributed by atoms with Crippen LogP contribution in [0.5, 0.6) is 11.5 Å². The van der Waals surface area contributed by atoms with Crippen LogP contribution in [0.1, 0.15) is 50.7 Å². The minimum atomic E-state index is -0.607. The van der Waals surface area contributed by atoms with Gasteiger partial charge in [-0.15, -0.1) is 53.6 Å². The molecule has 12 rings (SSSR count). The van der Waals surface area contributed by atoms with Gasteiger partial charge in [0.25, 0.3) is 0 Å². The van der Waals surface area contributed by atoms with Crippen LogP contribution >= 0.6 is 0 Å². The Morgan fingerprint density at radius 3 is 1.64 bits per heavy atom. The summed E-state index contributed by atoms with van der Waals surface area (Å²) in [6, 6.07) is 73.9. The number of pyridine rings is 1. The minimum Gasteiger partial charge on any atom is -0.509 e. The Labute approximate surface area is 445 Å². The molecule has 2 aromatic heterocycles. The van der Waals surface area contributed by atoms with Gasteiger partial charge >= 0.3 is 0 Å². The van der Waals surface area contributed by atoms with Gasteiger partial charge in [-0.2, -0.15) is 6.07 Å². The maximum absolute atomic E-state index is 14.7. The van der Waals surface area contributed by atoms with Gasteiger partial charge in [-0.25, -0.2) is 13.8 Å². The molecule has 366 valence electrons. The summed E-state index contributed by atoms with van der Waals surface area (Å²) < 4.78 is 38.5. The van der Waals surface area contributed by atoms with Gasteiger partial charge in [0.1, 0.15) is 17.5 Å². The van der Waals surface area contributed by atoms with Crippen LogP contribution in [0.3, 0.4) is 0 Å². The van der Waals surface area contributed by atoms with Crippen molar-refractivity contribution in [2.24, 2.45) is 0 Å². The van der Waals surface area contributed by atoms with Crippen LogP contribution in [0.25, 0.3) is 72.1 Å². The van der Waals surface area contributed by atoms with Gasteiger partial charge in [0.15, 0.2) is 0 Å². The Bertz CT molecular complexity index is 3750. The maximum Gasteiger partial charge on any atom is 0.135 e. The van der Waals surface area contributed by atoms with Crippen LogP contribution in [0.2, 0.25) is 0 Å². The van der Waals surface area contributed by atoms with E-state index in [4.69, 9.17) is 9.72 Å². The van der Waals surface area contributed by atoms with Crippen molar-refractivity contribution < 1.29 is 34.6 Å². The Morgan fingerprint density at radius 2 is 1.01 bits per heavy atom. The number of aromatic nitrogens is 2. The SMILES string of the molecule is CC(C)c1cc(-c2cc(F)cc(F)c2)cc(C(C)C)c1N1[CH-]N(c2[c-]c(Oc3[c-]c4c(cc3)c3ccccc3n4-c3ccccn3)cc(-c3cc(-c4ccccc4)cc(-c4ccccc4)c3)c2)c2ccccc21.[Pt]. The van der Waals surface area contributed by atoms with Crippen molar-refractivity contribution in [1.82, 2.24) is 9.55 Å². The van der Waals surface area contributed by atoms with Gasteiger partial charge in [0.2, 0.25) is 0 Å². The molecular weight excluding hydrogens is 1100 g/mol. The fourth-order valence-corrected chi connectivity index (χ4v) is 10.3. The summed E-state index contributed by atoms with van der Waals surface area (Å²) in [5.41, 5.74) is 15.3. The number of para-hydroxylation sites is 3. The first-order valence-electron chi connectivity index (χ1n) is 24.7. The van der Waals surface area contributed by atoms with Crippen molar-refractivity contribution in [1.29, 1.82) is 0 Å². The largest absolute Gasteiger partial charge is 0.509 e. The summed E-state index contributed by atoms with van der Waals surface area (Å²) in [6.45, 7) is 10.8. The first-order chi connectivity index (χ1) is 35.6. The zero-order chi connectivity index (χ0) is 49.7. The molecule has 0 amide bonds. The van der Waals surface area contributed by atoms with E-state index < -0.39 is 11.6 Å². The second kappa shape index (κ2) is 20.1. The van der Waals surface area contributed by atoms with Crippen molar-refractivity contribution in [3.8, 4) is 61.8 Å². The monoisotopic (exact) mass is 1150 g/mol. The standard InChI is InChI=1S/C66H49F2N4O.Pt/c1-42(2)59-36-51(49-32-52(67)38-53(68)33-49)37-60(43(3)4)66(59)71-41-70(62-23-13-14-24-63(62)71)54-34-50(48-30-46(44-17-7-5-8-18-44)29-47(31-48)45-19-9-6-10-20-45)35-56(39-54)73-55-26-27-58-57-21-11-12-22-61(57)72(64(58)40-55)65-25-15-16-28-69-65;/h5-38,41-43H,1-4H3;/q-3;. The van der Waals surface area contributed by atoms with Gasteiger partial charge in [0, 0.05) is 67.4 Å². The van der Waals surface area contributed by atoms with Crippen molar-refractivity contribution >= 4 is 44.6 Å². The van der Waals surface area contributed by atoms with E-state index in [0.29, 0.717) is 17.1 Å². The first kappa shape index (κ1) is 48.2. The van der Waals surface area contributed by atoms with E-state index in [-0.39, 0.29) is 32.9 Å². The molecule has 0 fully saturated rings. The smallest absolute Gasteiger partial charge is 0.135 e. The number of ether oxygens (including phenoxy) is 1. The molecule has 1 aliphatic heterocycles. The number of fused-ring (bicyclic) bond motifs is 4. The molecule has 0 saturated carbocycles. The molecule has 0 saturated heterocycles. The van der Waals surface area contributed by atoms with Gasteiger partial charge in [-0.1, -0.05) is 130 Å². The first-order valence-corrected chi connectivity index (χ1v) is 24.7. The van der Waals surface area contributed by atoms with E-state index >= 15 is 0 Å². The summed E-state index contributed by atoms with van der Waals surface area (Å²) >= 11 is 0. The van der Waals surface area contributed by atoms with Crippen molar-refractivity contribution in [3.05, 3.63) is 248 Å². The van der Waals surface area contributed by atoms with Gasteiger partial charge in [-0.3, -0.25) is 0 Å². The number of anilines is 4. The number of benzene rings is 9. The molecule has 3 heterocycles. The van der Waals surface area contributed by atoms with Crippen molar-refractivity contribution in [3.63, 3.8) is 0 Å². The molecule has 0 radical (unpaired) electrons. The third-order valence-electron chi connectivity index (χ3n) is 13.7. The molecule has 0 bridgehead atoms. The van der Waals surface area contributed by atoms with Crippen LogP contribution in [-0.4, -0.2) is 9.55 Å². The zero-order valence-corrected chi connectivity index (χ0v) is 43.4. The van der Waals surface area contributed by atoms with E-state index in [1.165, 1.54) is 12.1 Å². The molecule has 8 heteroatoms. The third-order valence-corrected chi connectivity index (χ3v) is 13.7. The molecule has 1 aliphatic rings. The van der Waals surface area contributed by atoms with Crippen LogP contribution in [0, 0.1) is 30.4 Å². The average Bonchev–Trinajstić information content (AvgIpc) is 3.96. The number of halogens is 2. The molecule has 11 aromatic rings. The topological polar surface area (TPSA) is 33.5 Å². The van der Waals surface area contributed by atoms with Crippen LogP contribution < -0.4 is 14.5 Å². The second-order valence-corrected chi connectivity index (χ2v) is 19.2. The number of hydrogen-bond donors (Lipinski definition) is 0. The number of nitrogens with zero attached hydrogens (tertiary/aromatic N) is 4. The van der Waals surface area contributed by atoms with Crippen molar-refractivity contribution in [2.45, 2.75) is 39.5 Å². The Kier molecular flexibility index (Phi) is 13.1. The summed E-state index contributed by atoms with van der Waals surface area (Å²) in [7, 11) is 0. The van der Waals surface area contributed by atoms with E-state index in [0.717, 1.165) is 107 Å². The van der Waals surface area contributed by atoms with E-state index in [2.05, 4.69) is 200 Å². The molecule has 74 heavy (non-hydrogen) atoms. The van der Waals surface area contributed by atoms with Gasteiger partial charge in [0.05, 0.1) is 0 Å². The van der Waals surface area contributed by atoms with E-state index in [1.54, 1.807) is 6.20 Å². The molecule has 0 spiro atoms. The predicted molar refractivity (Wildman–Crippen MR) is 294 cm³/mol. The Morgan fingerprint density at radius 1 is 0.473 bits per heavy atom. The van der Waals surface area contributed by atoms with Crippen LogP contribution in [0.15, 0.2) is 206 Å². The van der Waals surface area contributed by atoms with Crippen LogP contribution in [0.4, 0.5) is 31.5 Å².